The van der Waals surface area contributed by atoms with Gasteiger partial charge in [-0.05, 0) is 47.0 Å². The van der Waals surface area contributed by atoms with Crippen molar-refractivity contribution in [3.05, 3.63) is 53.8 Å². The molecule has 0 spiro atoms. The van der Waals surface area contributed by atoms with Crippen LogP contribution in [0.25, 0.3) is 11.1 Å². The molecule has 24 heavy (non-hydrogen) atoms. The van der Waals surface area contributed by atoms with Crippen molar-refractivity contribution in [1.82, 2.24) is 0 Å². The Bertz CT molecular complexity index is 746. The number of rotatable bonds is 5. The summed E-state index contributed by atoms with van der Waals surface area (Å²) in [6.45, 7) is 0. The van der Waals surface area contributed by atoms with Gasteiger partial charge in [0.2, 0.25) is 0 Å². The maximum absolute atomic E-state index is 13.8. The van der Waals surface area contributed by atoms with E-state index in [0.29, 0.717) is 0 Å². The van der Waals surface area contributed by atoms with E-state index >= 15 is 0 Å². The second kappa shape index (κ2) is 6.88. The van der Waals surface area contributed by atoms with E-state index in [1.165, 1.54) is 18.2 Å². The summed E-state index contributed by atoms with van der Waals surface area (Å²) in [5.41, 5.74) is 6.48. The summed E-state index contributed by atoms with van der Waals surface area (Å²) in [6, 6.07) is 7.73. The van der Waals surface area contributed by atoms with Gasteiger partial charge in [-0.15, -0.1) is 13.2 Å². The number of carbonyl (C=O) groups is 1. The first kappa shape index (κ1) is 17.7. The molecule has 0 fully saturated rings. The molecule has 0 bridgehead atoms. The molecule has 2 aromatic rings. The first-order valence-electron chi connectivity index (χ1n) is 6.78. The number of hydrogen-bond acceptors (Lipinski definition) is 3. The minimum Gasteiger partial charge on any atom is -0.481 e. The van der Waals surface area contributed by atoms with Crippen LogP contribution in [0.3, 0.4) is 0 Å². The monoisotopic (exact) mass is 343 g/mol. The Morgan fingerprint density at radius 2 is 1.88 bits per heavy atom. The average Bonchev–Trinajstić information content (AvgIpc) is 2.44. The van der Waals surface area contributed by atoms with Crippen molar-refractivity contribution in [2.75, 3.05) is 0 Å². The van der Waals surface area contributed by atoms with Crippen LogP contribution in [-0.2, 0) is 4.79 Å². The summed E-state index contributed by atoms with van der Waals surface area (Å²) >= 11 is 0. The summed E-state index contributed by atoms with van der Waals surface area (Å²) in [7, 11) is 0. The van der Waals surface area contributed by atoms with Crippen molar-refractivity contribution in [1.29, 1.82) is 0 Å². The molecule has 0 saturated heterocycles. The number of carboxylic acids is 1. The van der Waals surface area contributed by atoms with E-state index in [2.05, 4.69) is 4.74 Å². The molecule has 0 heterocycles. The van der Waals surface area contributed by atoms with E-state index in [1.54, 1.807) is 0 Å². The molecule has 0 aromatic heterocycles. The Labute approximate surface area is 134 Å². The molecule has 0 aliphatic rings. The number of ether oxygens (including phenoxy) is 1. The quantitative estimate of drug-likeness (QED) is 0.809. The third-order valence-corrected chi connectivity index (χ3v) is 3.14. The van der Waals surface area contributed by atoms with Crippen molar-refractivity contribution in [3.8, 4) is 16.9 Å². The van der Waals surface area contributed by atoms with Gasteiger partial charge in [-0.3, -0.25) is 4.79 Å². The van der Waals surface area contributed by atoms with Crippen molar-refractivity contribution in [3.63, 3.8) is 0 Å². The van der Waals surface area contributed by atoms with Gasteiger partial charge in [0.25, 0.3) is 0 Å². The lowest BCUT2D eigenvalue weighted by Crippen LogP contribution is -2.17. The standard InChI is InChI=1S/C16H13F4NO3/c17-12-5-10(4-11(6-12)14(21)8-15(22)23)9-2-1-3-13(7-9)24-16(18,19)20/h1-7,14H,8,21H2,(H,22,23)/t14-/m0/s1. The van der Waals surface area contributed by atoms with Crippen LogP contribution in [0, 0.1) is 5.82 Å². The molecule has 0 unspecified atom stereocenters. The van der Waals surface area contributed by atoms with Gasteiger partial charge >= 0.3 is 12.3 Å². The molecule has 0 aliphatic heterocycles. The highest BCUT2D eigenvalue weighted by molar-refractivity contribution is 5.69. The molecule has 0 saturated carbocycles. The number of nitrogens with two attached hydrogens (primary N) is 1. The highest BCUT2D eigenvalue weighted by atomic mass is 19.4. The smallest absolute Gasteiger partial charge is 0.481 e. The first-order valence-corrected chi connectivity index (χ1v) is 6.78. The van der Waals surface area contributed by atoms with Crippen LogP contribution in [0.15, 0.2) is 42.5 Å². The van der Waals surface area contributed by atoms with E-state index in [-0.39, 0.29) is 16.7 Å². The first-order chi connectivity index (χ1) is 11.1. The lowest BCUT2D eigenvalue weighted by atomic mass is 9.98. The number of hydrogen-bond donors (Lipinski definition) is 2. The second-order valence-corrected chi connectivity index (χ2v) is 5.05. The molecule has 1 atom stereocenters. The minimum atomic E-state index is -4.84. The SMILES string of the molecule is N[C@@H](CC(=O)O)c1cc(F)cc(-c2cccc(OC(F)(F)F)c2)c1. The molecule has 3 N–H and O–H groups in total. The fourth-order valence-corrected chi connectivity index (χ4v) is 2.17. The maximum atomic E-state index is 13.8. The van der Waals surface area contributed by atoms with E-state index in [4.69, 9.17) is 10.8 Å². The van der Waals surface area contributed by atoms with Crippen LogP contribution in [-0.4, -0.2) is 17.4 Å². The topological polar surface area (TPSA) is 72.6 Å². The molecular weight excluding hydrogens is 330 g/mol. The largest absolute Gasteiger partial charge is 0.573 e. The molecule has 8 heteroatoms. The van der Waals surface area contributed by atoms with Crippen molar-refractivity contribution in [2.24, 2.45) is 5.73 Å². The van der Waals surface area contributed by atoms with Crippen molar-refractivity contribution < 1.29 is 32.2 Å². The minimum absolute atomic E-state index is 0.231. The lowest BCUT2D eigenvalue weighted by molar-refractivity contribution is -0.274. The summed E-state index contributed by atoms with van der Waals surface area (Å²) < 4.78 is 54.4. The lowest BCUT2D eigenvalue weighted by Gasteiger charge is -2.13. The van der Waals surface area contributed by atoms with E-state index in [0.717, 1.165) is 24.3 Å². The predicted molar refractivity (Wildman–Crippen MR) is 77.7 cm³/mol. The zero-order valence-electron chi connectivity index (χ0n) is 12.2. The van der Waals surface area contributed by atoms with Crippen molar-refractivity contribution in [2.45, 2.75) is 18.8 Å². The Morgan fingerprint density at radius 1 is 1.17 bits per heavy atom. The van der Waals surface area contributed by atoms with Crippen LogP contribution in [0.4, 0.5) is 17.6 Å². The van der Waals surface area contributed by atoms with E-state index < -0.39 is 36.4 Å². The normalized spacial score (nSPS) is 12.7. The molecule has 0 amide bonds. The van der Waals surface area contributed by atoms with E-state index in [1.807, 2.05) is 0 Å². The summed E-state index contributed by atoms with van der Waals surface area (Å²) in [6.07, 6.45) is -5.24. The molecule has 0 radical (unpaired) electrons. The highest BCUT2D eigenvalue weighted by Gasteiger charge is 2.31. The second-order valence-electron chi connectivity index (χ2n) is 5.05. The number of benzene rings is 2. The molecule has 0 aliphatic carbocycles. The van der Waals surface area contributed by atoms with Crippen LogP contribution >= 0.6 is 0 Å². The Kier molecular flexibility index (Phi) is 5.08. The van der Waals surface area contributed by atoms with E-state index in [9.17, 15) is 22.4 Å². The van der Waals surface area contributed by atoms with Gasteiger partial charge in [-0.1, -0.05) is 12.1 Å². The van der Waals surface area contributed by atoms with Gasteiger partial charge in [0, 0.05) is 6.04 Å². The van der Waals surface area contributed by atoms with Gasteiger partial charge < -0.3 is 15.6 Å². The fourth-order valence-electron chi connectivity index (χ4n) is 2.17. The van der Waals surface area contributed by atoms with Crippen molar-refractivity contribution >= 4 is 5.97 Å². The van der Waals surface area contributed by atoms with Crippen LogP contribution in [0.5, 0.6) is 5.75 Å². The molecule has 2 aromatic carbocycles. The Morgan fingerprint density at radius 3 is 2.50 bits per heavy atom. The summed E-state index contributed by atoms with van der Waals surface area (Å²) in [5, 5.41) is 8.75. The molecule has 2 rings (SSSR count). The van der Waals surface area contributed by atoms with Crippen LogP contribution < -0.4 is 10.5 Å². The zero-order chi connectivity index (χ0) is 17.9. The van der Waals surface area contributed by atoms with Gasteiger partial charge in [0.1, 0.15) is 11.6 Å². The molecule has 4 nitrogen and oxygen atoms in total. The Hall–Kier alpha value is -2.61. The van der Waals surface area contributed by atoms with Gasteiger partial charge in [0.15, 0.2) is 0 Å². The van der Waals surface area contributed by atoms with Crippen LogP contribution in [0.2, 0.25) is 0 Å². The number of carboxylic acid groups (broad SMARTS) is 1. The molecule has 128 valence electrons. The maximum Gasteiger partial charge on any atom is 0.573 e. The fraction of sp³-hybridized carbons (Fsp3) is 0.188. The van der Waals surface area contributed by atoms with Crippen LogP contribution in [0.1, 0.15) is 18.0 Å². The predicted octanol–water partition coefficient (Wildman–Crippen LogP) is 3.87. The van der Waals surface area contributed by atoms with Gasteiger partial charge in [-0.2, -0.15) is 0 Å². The number of aliphatic carboxylic acids is 1. The number of alkyl halides is 3. The van der Waals surface area contributed by atoms with Gasteiger partial charge in [-0.25, -0.2) is 4.39 Å². The highest BCUT2D eigenvalue weighted by Crippen LogP contribution is 2.30. The third kappa shape index (κ3) is 4.95. The Balaban J connectivity index is 2.37. The zero-order valence-corrected chi connectivity index (χ0v) is 12.2. The molecular formula is C16H13F4NO3. The average molecular weight is 343 g/mol. The number of halogens is 4. The third-order valence-electron chi connectivity index (χ3n) is 3.14. The van der Waals surface area contributed by atoms with Gasteiger partial charge in [0.05, 0.1) is 6.42 Å². The summed E-state index contributed by atoms with van der Waals surface area (Å²) in [5.74, 6) is -2.26. The summed E-state index contributed by atoms with van der Waals surface area (Å²) in [4.78, 5) is 10.7.